The number of imidazole rings is 1. The van der Waals surface area contributed by atoms with Crippen LogP contribution in [0.25, 0.3) is 17.1 Å². The Kier molecular flexibility index (Phi) is 5.05. The fourth-order valence-corrected chi connectivity index (χ4v) is 3.00. The van der Waals surface area contributed by atoms with Crippen LogP contribution >= 0.6 is 0 Å². The zero-order chi connectivity index (χ0) is 20.4. The number of aromatic nitrogens is 2. The van der Waals surface area contributed by atoms with Crippen molar-refractivity contribution < 1.29 is 9.18 Å². The first-order valence-corrected chi connectivity index (χ1v) is 8.49. The summed E-state index contributed by atoms with van der Waals surface area (Å²) in [5.41, 5.74) is 10.1. The maximum atomic E-state index is 14.2. The van der Waals surface area contributed by atoms with E-state index in [1.54, 1.807) is 42.8 Å². The smallest absolute Gasteiger partial charge is 0.170 e. The van der Waals surface area contributed by atoms with Crippen LogP contribution in [0.2, 0.25) is 0 Å². The van der Waals surface area contributed by atoms with E-state index in [-0.39, 0.29) is 11.3 Å². The highest BCUT2D eigenvalue weighted by Crippen LogP contribution is 2.29. The highest BCUT2D eigenvalue weighted by atomic mass is 19.1. The van der Waals surface area contributed by atoms with Gasteiger partial charge in [-0.15, -0.1) is 0 Å². The minimum absolute atomic E-state index is 0.0567. The summed E-state index contributed by atoms with van der Waals surface area (Å²) in [5, 5.41) is 8.95. The van der Waals surface area contributed by atoms with Gasteiger partial charge in [0.05, 0.1) is 11.3 Å². The molecule has 6 nitrogen and oxygen atoms in total. The van der Waals surface area contributed by atoms with Crippen molar-refractivity contribution in [3.05, 3.63) is 64.7 Å². The van der Waals surface area contributed by atoms with Crippen LogP contribution in [-0.2, 0) is 0 Å². The minimum atomic E-state index is -0.646. The van der Waals surface area contributed by atoms with Crippen molar-refractivity contribution in [3.63, 3.8) is 0 Å². The van der Waals surface area contributed by atoms with E-state index in [0.717, 1.165) is 11.3 Å². The molecule has 0 saturated carbocycles. The minimum Gasteiger partial charge on any atom is -0.398 e. The molecule has 0 atom stereocenters. The fourth-order valence-electron chi connectivity index (χ4n) is 3.00. The quantitative estimate of drug-likeness (QED) is 0.427. The van der Waals surface area contributed by atoms with Crippen molar-refractivity contribution in [2.45, 2.75) is 13.8 Å². The fraction of sp³-hybridized carbons (Fsp3) is 0.143. The van der Waals surface area contributed by atoms with E-state index in [0.29, 0.717) is 34.7 Å². The SMILES string of the molecule is CN=C(C)c1cc(-n2c(-c3ccc(C#N)c(F)c3)nc(C=O)c2C)ccc1N. The molecule has 3 aromatic rings. The Labute approximate surface area is 161 Å². The number of nitriles is 1. The second kappa shape index (κ2) is 7.45. The third kappa shape index (κ3) is 3.16. The number of hydrogen-bond acceptors (Lipinski definition) is 5. The van der Waals surface area contributed by atoms with E-state index >= 15 is 0 Å². The van der Waals surface area contributed by atoms with Crippen LogP contribution in [0.5, 0.6) is 0 Å². The number of carbonyl (C=O) groups excluding carboxylic acids is 1. The molecular weight excluding hydrogens is 357 g/mol. The Morgan fingerprint density at radius 1 is 1.32 bits per heavy atom. The monoisotopic (exact) mass is 375 g/mol. The molecule has 0 aliphatic heterocycles. The van der Waals surface area contributed by atoms with Crippen LogP contribution in [0.1, 0.15) is 34.2 Å². The van der Waals surface area contributed by atoms with Crippen LogP contribution < -0.4 is 5.73 Å². The van der Waals surface area contributed by atoms with E-state index < -0.39 is 5.82 Å². The van der Waals surface area contributed by atoms with Crippen LogP contribution in [0, 0.1) is 24.1 Å². The molecule has 0 fully saturated rings. The topological polar surface area (TPSA) is 97.1 Å². The maximum Gasteiger partial charge on any atom is 0.170 e. The lowest BCUT2D eigenvalue weighted by Crippen LogP contribution is -2.06. The molecule has 28 heavy (non-hydrogen) atoms. The van der Waals surface area contributed by atoms with E-state index in [4.69, 9.17) is 11.0 Å². The first-order valence-electron chi connectivity index (χ1n) is 8.49. The Morgan fingerprint density at radius 3 is 2.68 bits per heavy atom. The number of benzene rings is 2. The maximum absolute atomic E-state index is 14.2. The third-order valence-electron chi connectivity index (χ3n) is 4.62. The Hall–Kier alpha value is -3.79. The van der Waals surface area contributed by atoms with Crippen LogP contribution in [0.15, 0.2) is 41.4 Å². The lowest BCUT2D eigenvalue weighted by molar-refractivity contribution is 0.111. The largest absolute Gasteiger partial charge is 0.398 e. The highest BCUT2D eigenvalue weighted by molar-refractivity contribution is 6.03. The molecule has 7 heteroatoms. The highest BCUT2D eigenvalue weighted by Gasteiger charge is 2.18. The third-order valence-corrected chi connectivity index (χ3v) is 4.62. The molecule has 0 saturated heterocycles. The van der Waals surface area contributed by atoms with Crippen molar-refractivity contribution >= 4 is 17.7 Å². The predicted molar refractivity (Wildman–Crippen MR) is 106 cm³/mol. The number of hydrogen-bond donors (Lipinski definition) is 1. The van der Waals surface area contributed by atoms with Gasteiger partial charge in [-0.05, 0) is 50.2 Å². The first kappa shape index (κ1) is 19.0. The average molecular weight is 375 g/mol. The number of nitrogen functional groups attached to an aromatic ring is 1. The molecule has 0 radical (unpaired) electrons. The van der Waals surface area contributed by atoms with E-state index in [9.17, 15) is 9.18 Å². The molecular formula is C21H18FN5O. The lowest BCUT2D eigenvalue weighted by Gasteiger charge is -2.14. The summed E-state index contributed by atoms with van der Waals surface area (Å²) in [6.45, 7) is 3.61. The van der Waals surface area contributed by atoms with Gasteiger partial charge >= 0.3 is 0 Å². The second-order valence-corrected chi connectivity index (χ2v) is 6.25. The summed E-state index contributed by atoms with van der Waals surface area (Å²) in [6, 6.07) is 11.4. The van der Waals surface area contributed by atoms with Gasteiger partial charge in [0.15, 0.2) is 6.29 Å². The van der Waals surface area contributed by atoms with Gasteiger partial charge in [-0.2, -0.15) is 5.26 Å². The van der Waals surface area contributed by atoms with Crippen LogP contribution in [-0.4, -0.2) is 28.6 Å². The van der Waals surface area contributed by atoms with Gasteiger partial charge in [0.1, 0.15) is 23.4 Å². The number of carbonyl (C=O) groups is 1. The molecule has 0 bridgehead atoms. The number of aldehydes is 1. The zero-order valence-electron chi connectivity index (χ0n) is 15.7. The molecule has 1 heterocycles. The predicted octanol–water partition coefficient (Wildman–Crippen LogP) is 3.69. The molecule has 0 amide bonds. The summed E-state index contributed by atoms with van der Waals surface area (Å²) >= 11 is 0. The first-order chi connectivity index (χ1) is 13.4. The zero-order valence-corrected chi connectivity index (χ0v) is 15.7. The molecule has 1 aromatic heterocycles. The number of nitrogens with zero attached hydrogens (tertiary/aromatic N) is 4. The average Bonchev–Trinajstić information content (AvgIpc) is 3.04. The molecule has 3 rings (SSSR count). The van der Waals surface area contributed by atoms with Crippen molar-refractivity contribution in [3.8, 4) is 23.1 Å². The van der Waals surface area contributed by atoms with Crippen molar-refractivity contribution in [1.29, 1.82) is 5.26 Å². The molecule has 140 valence electrons. The summed E-state index contributed by atoms with van der Waals surface area (Å²) < 4.78 is 15.9. The van der Waals surface area contributed by atoms with Gasteiger partial charge in [-0.1, -0.05) is 0 Å². The molecule has 0 aliphatic carbocycles. The van der Waals surface area contributed by atoms with Gasteiger partial charge in [-0.3, -0.25) is 14.4 Å². The Bertz CT molecular complexity index is 1150. The number of aliphatic imine (C=N–C) groups is 1. The van der Waals surface area contributed by atoms with Crippen LogP contribution in [0.3, 0.4) is 0 Å². The number of halogens is 1. The Morgan fingerprint density at radius 2 is 2.07 bits per heavy atom. The van der Waals surface area contributed by atoms with Gasteiger partial charge in [0.2, 0.25) is 0 Å². The molecule has 0 unspecified atom stereocenters. The molecule has 2 N–H and O–H groups in total. The van der Waals surface area contributed by atoms with E-state index in [1.807, 2.05) is 13.0 Å². The van der Waals surface area contributed by atoms with E-state index in [1.165, 1.54) is 12.1 Å². The number of anilines is 1. The molecule has 2 aromatic carbocycles. The van der Waals surface area contributed by atoms with Gasteiger partial charge in [0.25, 0.3) is 0 Å². The van der Waals surface area contributed by atoms with Crippen molar-refractivity contribution in [2.75, 3.05) is 12.8 Å². The van der Waals surface area contributed by atoms with Crippen molar-refractivity contribution in [1.82, 2.24) is 9.55 Å². The molecule has 0 spiro atoms. The Balaban J connectivity index is 2.28. The number of rotatable bonds is 4. The van der Waals surface area contributed by atoms with E-state index in [2.05, 4.69) is 9.98 Å². The summed E-state index contributed by atoms with van der Waals surface area (Å²) in [5.74, 6) is -0.253. The van der Waals surface area contributed by atoms with Crippen molar-refractivity contribution in [2.24, 2.45) is 4.99 Å². The summed E-state index contributed by atoms with van der Waals surface area (Å²) in [6.07, 6.45) is 0.659. The van der Waals surface area contributed by atoms with Gasteiger partial charge in [-0.25, -0.2) is 9.37 Å². The number of nitrogens with two attached hydrogens (primary N) is 1. The summed E-state index contributed by atoms with van der Waals surface area (Å²) in [4.78, 5) is 20.0. The lowest BCUT2D eigenvalue weighted by atomic mass is 10.1. The normalized spacial score (nSPS) is 11.3. The second-order valence-electron chi connectivity index (χ2n) is 6.25. The van der Waals surface area contributed by atoms with Crippen LogP contribution in [0.4, 0.5) is 10.1 Å². The van der Waals surface area contributed by atoms with Gasteiger partial charge in [0, 0.05) is 35.3 Å². The molecule has 0 aliphatic rings. The summed E-state index contributed by atoms with van der Waals surface area (Å²) in [7, 11) is 1.68. The van der Waals surface area contributed by atoms with Gasteiger partial charge < -0.3 is 5.73 Å². The standard InChI is InChI=1S/C21H18FN5O/c1-12(25-3)17-9-16(6-7-19(17)24)27-13(2)20(11-28)26-21(27)14-4-5-15(10-23)18(22)8-14/h4-9,11H,24H2,1-3H3.